The molecule has 6 nitrogen and oxygen atoms in total. The first kappa shape index (κ1) is 21.1. The molecule has 0 aliphatic carbocycles. The van der Waals surface area contributed by atoms with Gasteiger partial charge in [-0.1, -0.05) is 30.7 Å². The highest BCUT2D eigenvalue weighted by Crippen LogP contribution is 2.22. The Bertz CT molecular complexity index is 1100. The van der Waals surface area contributed by atoms with E-state index in [9.17, 15) is 9.59 Å². The average Bonchev–Trinajstić information content (AvgIpc) is 2.77. The van der Waals surface area contributed by atoms with Crippen molar-refractivity contribution >= 4 is 16.9 Å². The highest BCUT2D eigenvalue weighted by atomic mass is 16.5. The predicted octanol–water partition coefficient (Wildman–Crippen LogP) is 3.78. The van der Waals surface area contributed by atoms with Crippen LogP contribution in [0.4, 0.5) is 0 Å². The van der Waals surface area contributed by atoms with Gasteiger partial charge in [-0.15, -0.1) is 0 Å². The van der Waals surface area contributed by atoms with E-state index in [4.69, 9.17) is 9.15 Å². The number of nitrogens with zero attached hydrogens (tertiary/aromatic N) is 1. The molecule has 0 radical (unpaired) electrons. The molecule has 0 unspecified atom stereocenters. The largest absolute Gasteiger partial charge is 0.484 e. The van der Waals surface area contributed by atoms with Crippen LogP contribution in [0.5, 0.6) is 5.75 Å². The first-order valence-electron chi connectivity index (χ1n) is 10.8. The molecule has 1 N–H and O–H groups in total. The lowest BCUT2D eigenvalue weighted by Crippen LogP contribution is -2.29. The van der Waals surface area contributed by atoms with Gasteiger partial charge in [-0.25, -0.2) is 4.79 Å². The molecule has 4 rings (SSSR count). The molecule has 31 heavy (non-hydrogen) atoms. The van der Waals surface area contributed by atoms with Crippen molar-refractivity contribution < 1.29 is 13.9 Å². The van der Waals surface area contributed by atoms with Crippen LogP contribution in [0.15, 0.2) is 57.7 Å². The standard InChI is InChI=1S/C25H28N2O4/c1-18-13-25(29)31-23-14-21(9-10-22(18)23)30-17-24(28)26-15-19-5-7-20(8-6-19)16-27-11-3-2-4-12-27/h5-10,13-14H,2-4,11-12,15-17H2,1H3,(H,26,28). The molecular weight excluding hydrogens is 392 g/mol. The van der Waals surface area contributed by atoms with Crippen molar-refractivity contribution in [3.8, 4) is 5.75 Å². The number of amides is 1. The monoisotopic (exact) mass is 420 g/mol. The molecule has 0 saturated carbocycles. The third-order valence-corrected chi connectivity index (χ3v) is 5.66. The van der Waals surface area contributed by atoms with Gasteiger partial charge in [-0.05, 0) is 61.7 Å². The van der Waals surface area contributed by atoms with E-state index in [1.165, 1.54) is 44.0 Å². The van der Waals surface area contributed by atoms with E-state index >= 15 is 0 Å². The second-order valence-electron chi connectivity index (χ2n) is 8.13. The Morgan fingerprint density at radius 1 is 1.03 bits per heavy atom. The maximum atomic E-state index is 12.2. The number of piperidine rings is 1. The van der Waals surface area contributed by atoms with E-state index in [-0.39, 0.29) is 12.5 Å². The summed E-state index contributed by atoms with van der Waals surface area (Å²) in [5.41, 5.74) is 3.25. The van der Waals surface area contributed by atoms with E-state index < -0.39 is 5.63 Å². The fourth-order valence-corrected chi connectivity index (χ4v) is 3.93. The summed E-state index contributed by atoms with van der Waals surface area (Å²) in [6, 6.07) is 15.1. The van der Waals surface area contributed by atoms with Gasteiger partial charge < -0.3 is 14.5 Å². The lowest BCUT2D eigenvalue weighted by atomic mass is 10.1. The zero-order valence-electron chi connectivity index (χ0n) is 17.9. The second-order valence-corrected chi connectivity index (χ2v) is 8.13. The van der Waals surface area contributed by atoms with Crippen LogP contribution in [0.3, 0.4) is 0 Å². The van der Waals surface area contributed by atoms with Crippen LogP contribution in [0.25, 0.3) is 11.0 Å². The Morgan fingerprint density at radius 2 is 1.77 bits per heavy atom. The maximum Gasteiger partial charge on any atom is 0.336 e. The fourth-order valence-electron chi connectivity index (χ4n) is 3.93. The van der Waals surface area contributed by atoms with Crippen molar-refractivity contribution in [3.05, 3.63) is 75.6 Å². The third-order valence-electron chi connectivity index (χ3n) is 5.66. The van der Waals surface area contributed by atoms with Gasteiger partial charge >= 0.3 is 5.63 Å². The zero-order chi connectivity index (χ0) is 21.6. The number of carbonyl (C=O) groups excluding carboxylic acids is 1. The van der Waals surface area contributed by atoms with Crippen LogP contribution in [-0.2, 0) is 17.9 Å². The van der Waals surface area contributed by atoms with E-state index in [0.717, 1.165) is 23.1 Å². The molecule has 2 heterocycles. The molecular formula is C25H28N2O4. The minimum atomic E-state index is -0.401. The number of carbonyl (C=O) groups is 1. The Morgan fingerprint density at radius 3 is 2.55 bits per heavy atom. The van der Waals surface area contributed by atoms with Gasteiger partial charge in [0.05, 0.1) is 0 Å². The van der Waals surface area contributed by atoms with Gasteiger partial charge in [0.2, 0.25) is 0 Å². The van der Waals surface area contributed by atoms with Crippen molar-refractivity contribution in [1.82, 2.24) is 10.2 Å². The summed E-state index contributed by atoms with van der Waals surface area (Å²) in [6.45, 7) is 5.56. The normalized spacial score (nSPS) is 14.5. The summed E-state index contributed by atoms with van der Waals surface area (Å²) < 4.78 is 10.8. The first-order chi connectivity index (χ1) is 15.1. The number of ether oxygens (including phenoxy) is 1. The molecule has 0 atom stereocenters. The molecule has 0 bridgehead atoms. The zero-order valence-corrected chi connectivity index (χ0v) is 17.9. The number of aryl methyl sites for hydroxylation is 1. The predicted molar refractivity (Wildman–Crippen MR) is 120 cm³/mol. The van der Waals surface area contributed by atoms with E-state index in [0.29, 0.717) is 17.9 Å². The summed E-state index contributed by atoms with van der Waals surface area (Å²) in [5.74, 6) is 0.279. The summed E-state index contributed by atoms with van der Waals surface area (Å²) in [4.78, 5) is 26.2. The van der Waals surface area contributed by atoms with Gasteiger partial charge in [0.15, 0.2) is 6.61 Å². The molecule has 1 aliphatic heterocycles. The van der Waals surface area contributed by atoms with Crippen LogP contribution in [0.2, 0.25) is 0 Å². The number of benzene rings is 2. The summed E-state index contributed by atoms with van der Waals surface area (Å²) in [7, 11) is 0. The number of fused-ring (bicyclic) bond motifs is 1. The Labute approximate surface area is 181 Å². The van der Waals surface area contributed by atoms with Crippen LogP contribution in [-0.4, -0.2) is 30.5 Å². The number of nitrogens with one attached hydrogen (secondary N) is 1. The summed E-state index contributed by atoms with van der Waals surface area (Å²) in [5, 5.41) is 3.73. The average molecular weight is 421 g/mol. The lowest BCUT2D eigenvalue weighted by Gasteiger charge is -2.26. The van der Waals surface area contributed by atoms with E-state index in [1.807, 2.05) is 13.0 Å². The molecule has 1 aliphatic rings. The van der Waals surface area contributed by atoms with Crippen LogP contribution >= 0.6 is 0 Å². The minimum Gasteiger partial charge on any atom is -0.484 e. The van der Waals surface area contributed by atoms with Crippen molar-refractivity contribution in [2.45, 2.75) is 39.3 Å². The molecule has 1 amide bonds. The fraction of sp³-hybridized carbons (Fsp3) is 0.360. The van der Waals surface area contributed by atoms with Crippen LogP contribution in [0.1, 0.15) is 36.0 Å². The first-order valence-corrected chi connectivity index (χ1v) is 10.8. The number of hydrogen-bond acceptors (Lipinski definition) is 5. The van der Waals surface area contributed by atoms with Gasteiger partial charge in [-0.3, -0.25) is 9.69 Å². The number of likely N-dealkylation sites (tertiary alicyclic amines) is 1. The van der Waals surface area contributed by atoms with Crippen molar-refractivity contribution in [2.24, 2.45) is 0 Å². The maximum absolute atomic E-state index is 12.2. The molecule has 2 aromatic carbocycles. The van der Waals surface area contributed by atoms with Crippen molar-refractivity contribution in [2.75, 3.05) is 19.7 Å². The number of hydrogen-bond donors (Lipinski definition) is 1. The summed E-state index contributed by atoms with van der Waals surface area (Å²) in [6.07, 6.45) is 3.93. The Hall–Kier alpha value is -3.12. The van der Waals surface area contributed by atoms with Crippen LogP contribution in [0, 0.1) is 6.92 Å². The lowest BCUT2D eigenvalue weighted by molar-refractivity contribution is -0.123. The highest BCUT2D eigenvalue weighted by molar-refractivity contribution is 5.81. The van der Waals surface area contributed by atoms with Gasteiger partial charge in [0.25, 0.3) is 5.91 Å². The van der Waals surface area contributed by atoms with Gasteiger partial charge in [-0.2, -0.15) is 0 Å². The van der Waals surface area contributed by atoms with E-state index in [1.54, 1.807) is 12.1 Å². The quantitative estimate of drug-likeness (QED) is 0.589. The smallest absolute Gasteiger partial charge is 0.336 e. The van der Waals surface area contributed by atoms with Crippen molar-refractivity contribution in [3.63, 3.8) is 0 Å². The molecule has 1 saturated heterocycles. The molecule has 162 valence electrons. The van der Waals surface area contributed by atoms with Gasteiger partial charge in [0, 0.05) is 30.6 Å². The molecule has 3 aromatic rings. The summed E-state index contributed by atoms with van der Waals surface area (Å²) >= 11 is 0. The molecule has 0 spiro atoms. The minimum absolute atomic E-state index is 0.103. The van der Waals surface area contributed by atoms with E-state index in [2.05, 4.69) is 34.5 Å². The second kappa shape index (κ2) is 9.79. The third kappa shape index (κ3) is 5.73. The van der Waals surface area contributed by atoms with Gasteiger partial charge in [0.1, 0.15) is 11.3 Å². The topological polar surface area (TPSA) is 71.8 Å². The molecule has 6 heteroatoms. The molecule has 1 aromatic heterocycles. The highest BCUT2D eigenvalue weighted by Gasteiger charge is 2.10. The van der Waals surface area contributed by atoms with Crippen molar-refractivity contribution in [1.29, 1.82) is 0 Å². The SMILES string of the molecule is Cc1cc(=O)oc2cc(OCC(=O)NCc3ccc(CN4CCCCC4)cc3)ccc12. The van der Waals surface area contributed by atoms with Crippen LogP contribution < -0.4 is 15.7 Å². The Kier molecular flexibility index (Phi) is 6.67. The Balaban J connectivity index is 1.25. The number of rotatable bonds is 7. The molecule has 1 fully saturated rings.